The fraction of sp³-hybridized carbons (Fsp3) is 0.400. The Kier molecular flexibility index (Phi) is 4.13. The Bertz CT molecular complexity index is 689. The Labute approximate surface area is 133 Å². The van der Waals surface area contributed by atoms with Crippen molar-refractivity contribution in [3.8, 4) is 0 Å². The van der Waals surface area contributed by atoms with Crippen LogP contribution in [0.25, 0.3) is 5.57 Å². The van der Waals surface area contributed by atoms with E-state index in [9.17, 15) is 4.79 Å². The van der Waals surface area contributed by atoms with Gasteiger partial charge in [0.05, 0.1) is 19.8 Å². The molecule has 3 rings (SSSR count). The number of H-pyrrole nitrogens is 1. The summed E-state index contributed by atoms with van der Waals surface area (Å²) in [5.74, 6) is 0.781. The van der Waals surface area contributed by atoms with E-state index in [0.29, 0.717) is 24.9 Å². The van der Waals surface area contributed by atoms with Gasteiger partial charge in [0, 0.05) is 37.5 Å². The molecule has 1 fully saturated rings. The standard InChI is InChI=1S/C15H19ClN4O2/c1-19-9-11(17)8-12(15(19)16)10-6-13(18-14(21)7-10)20-2-4-22-5-3-20/h6-8H,2-5,9,17H2,1H3,(H,18,21). The number of allylic oxidation sites excluding steroid dienone is 2. The number of halogens is 1. The van der Waals surface area contributed by atoms with E-state index in [-0.39, 0.29) is 5.56 Å². The van der Waals surface area contributed by atoms with Crippen molar-refractivity contribution in [1.29, 1.82) is 0 Å². The lowest BCUT2D eigenvalue weighted by molar-refractivity contribution is 0.122. The van der Waals surface area contributed by atoms with E-state index in [1.54, 1.807) is 6.07 Å². The highest BCUT2D eigenvalue weighted by atomic mass is 35.5. The van der Waals surface area contributed by atoms with Crippen molar-refractivity contribution in [3.05, 3.63) is 45.0 Å². The summed E-state index contributed by atoms with van der Waals surface area (Å²) >= 11 is 6.38. The first kappa shape index (κ1) is 15.0. The minimum Gasteiger partial charge on any atom is -0.401 e. The minimum absolute atomic E-state index is 0.156. The molecule has 3 heterocycles. The topological polar surface area (TPSA) is 74.6 Å². The van der Waals surface area contributed by atoms with Crippen LogP contribution < -0.4 is 16.2 Å². The highest BCUT2D eigenvalue weighted by Crippen LogP contribution is 2.29. The van der Waals surface area contributed by atoms with Crippen LogP contribution in [0.4, 0.5) is 5.82 Å². The average Bonchev–Trinajstić information content (AvgIpc) is 2.51. The van der Waals surface area contributed by atoms with Gasteiger partial charge in [0.1, 0.15) is 11.0 Å². The van der Waals surface area contributed by atoms with Gasteiger partial charge < -0.3 is 25.3 Å². The van der Waals surface area contributed by atoms with Crippen LogP contribution in [0.3, 0.4) is 0 Å². The van der Waals surface area contributed by atoms with Gasteiger partial charge in [-0.15, -0.1) is 0 Å². The van der Waals surface area contributed by atoms with Crippen molar-refractivity contribution in [2.45, 2.75) is 0 Å². The number of nitrogens with zero attached hydrogens (tertiary/aromatic N) is 2. The van der Waals surface area contributed by atoms with Crippen LogP contribution >= 0.6 is 11.6 Å². The number of anilines is 1. The van der Waals surface area contributed by atoms with Crippen molar-refractivity contribution >= 4 is 23.0 Å². The molecule has 1 aromatic rings. The van der Waals surface area contributed by atoms with Gasteiger partial charge in [-0.05, 0) is 17.7 Å². The number of aromatic amines is 1. The smallest absolute Gasteiger partial charge is 0.250 e. The molecule has 0 saturated carbocycles. The maximum atomic E-state index is 12.0. The zero-order valence-corrected chi connectivity index (χ0v) is 13.2. The third-order valence-electron chi connectivity index (χ3n) is 3.80. The Balaban J connectivity index is 2.02. The summed E-state index contributed by atoms with van der Waals surface area (Å²) in [4.78, 5) is 18.9. The van der Waals surface area contributed by atoms with Gasteiger partial charge in [-0.1, -0.05) is 11.6 Å². The highest BCUT2D eigenvalue weighted by Gasteiger charge is 2.19. The van der Waals surface area contributed by atoms with Gasteiger partial charge in [-0.2, -0.15) is 0 Å². The van der Waals surface area contributed by atoms with Crippen molar-refractivity contribution in [2.24, 2.45) is 5.73 Å². The molecule has 118 valence electrons. The number of nitrogens with two attached hydrogens (primary N) is 1. The van der Waals surface area contributed by atoms with E-state index < -0.39 is 0 Å². The fourth-order valence-corrected chi connectivity index (χ4v) is 2.92. The number of ether oxygens (including phenoxy) is 1. The predicted octanol–water partition coefficient (Wildman–Crippen LogP) is 0.907. The van der Waals surface area contributed by atoms with Crippen molar-refractivity contribution in [3.63, 3.8) is 0 Å². The molecule has 0 spiro atoms. The molecular formula is C15H19ClN4O2. The summed E-state index contributed by atoms with van der Waals surface area (Å²) in [6.45, 7) is 3.41. The first-order valence-corrected chi connectivity index (χ1v) is 7.57. The Hall–Kier alpha value is -1.92. The molecule has 0 aliphatic carbocycles. The van der Waals surface area contributed by atoms with E-state index in [1.807, 2.05) is 24.1 Å². The quantitative estimate of drug-likeness (QED) is 0.792. The molecule has 2 aliphatic heterocycles. The predicted molar refractivity (Wildman–Crippen MR) is 87.8 cm³/mol. The molecule has 1 aromatic heterocycles. The van der Waals surface area contributed by atoms with E-state index in [4.69, 9.17) is 22.1 Å². The number of nitrogens with one attached hydrogen (secondary N) is 1. The molecule has 6 nitrogen and oxygen atoms in total. The van der Waals surface area contributed by atoms with Crippen LogP contribution in [0.2, 0.25) is 0 Å². The van der Waals surface area contributed by atoms with E-state index in [2.05, 4.69) is 9.88 Å². The number of rotatable bonds is 2. The summed E-state index contributed by atoms with van der Waals surface area (Å²) in [6.07, 6.45) is 1.83. The highest BCUT2D eigenvalue weighted by molar-refractivity contribution is 6.33. The second-order valence-corrected chi connectivity index (χ2v) is 5.86. The molecule has 0 amide bonds. The lowest BCUT2D eigenvalue weighted by Gasteiger charge is -2.29. The second-order valence-electron chi connectivity index (χ2n) is 5.50. The SMILES string of the molecule is CN1CC(N)=CC(c2cc(N3CCOCC3)[nH]c(=O)c2)=C1Cl. The molecule has 0 aromatic carbocycles. The van der Waals surface area contributed by atoms with E-state index >= 15 is 0 Å². The van der Waals surface area contributed by atoms with Gasteiger partial charge in [0.15, 0.2) is 0 Å². The average molecular weight is 323 g/mol. The number of morpholine rings is 1. The number of aromatic nitrogens is 1. The monoisotopic (exact) mass is 322 g/mol. The largest absolute Gasteiger partial charge is 0.401 e. The normalized spacial score (nSPS) is 19.5. The van der Waals surface area contributed by atoms with Crippen molar-refractivity contribution < 1.29 is 4.74 Å². The Morgan fingerprint density at radius 2 is 2.05 bits per heavy atom. The van der Waals surface area contributed by atoms with Crippen molar-refractivity contribution in [1.82, 2.24) is 9.88 Å². The first-order chi connectivity index (χ1) is 10.5. The third kappa shape index (κ3) is 2.98. The molecule has 1 saturated heterocycles. The van der Waals surface area contributed by atoms with Crippen LogP contribution in [0, 0.1) is 0 Å². The van der Waals surface area contributed by atoms with Gasteiger partial charge in [-0.25, -0.2) is 0 Å². The van der Waals surface area contributed by atoms with Gasteiger partial charge >= 0.3 is 0 Å². The van der Waals surface area contributed by atoms with Crippen LogP contribution in [0.5, 0.6) is 0 Å². The van der Waals surface area contributed by atoms with Gasteiger partial charge in [0.2, 0.25) is 5.56 Å². The number of pyridine rings is 1. The molecule has 3 N–H and O–H groups in total. The molecule has 2 aliphatic rings. The van der Waals surface area contributed by atoms with Gasteiger partial charge in [-0.3, -0.25) is 4.79 Å². The molecule has 0 radical (unpaired) electrons. The maximum absolute atomic E-state index is 12.0. The van der Waals surface area contributed by atoms with Crippen LogP contribution in [0.15, 0.2) is 33.9 Å². The molecule has 0 atom stereocenters. The van der Waals surface area contributed by atoms with Crippen LogP contribution in [-0.4, -0.2) is 49.8 Å². The van der Waals surface area contributed by atoms with Gasteiger partial charge in [0.25, 0.3) is 0 Å². The second kappa shape index (κ2) is 6.06. The molecule has 7 heteroatoms. The third-order valence-corrected chi connectivity index (χ3v) is 4.29. The molecule has 0 bridgehead atoms. The van der Waals surface area contributed by atoms with Crippen LogP contribution in [-0.2, 0) is 4.74 Å². The molecule has 0 unspecified atom stereocenters. The molecule has 22 heavy (non-hydrogen) atoms. The number of hydrogen-bond acceptors (Lipinski definition) is 5. The summed E-state index contributed by atoms with van der Waals surface area (Å²) in [7, 11) is 1.87. The lowest BCUT2D eigenvalue weighted by Crippen LogP contribution is -2.37. The number of hydrogen-bond donors (Lipinski definition) is 2. The zero-order chi connectivity index (χ0) is 15.7. The fourth-order valence-electron chi connectivity index (χ4n) is 2.70. The Morgan fingerprint density at radius 3 is 2.77 bits per heavy atom. The zero-order valence-electron chi connectivity index (χ0n) is 12.4. The minimum atomic E-state index is -0.156. The van der Waals surface area contributed by atoms with E-state index in [1.165, 1.54) is 0 Å². The van der Waals surface area contributed by atoms with Crippen LogP contribution in [0.1, 0.15) is 5.56 Å². The summed E-state index contributed by atoms with van der Waals surface area (Å²) in [5.41, 5.74) is 8.05. The molecular weight excluding hydrogens is 304 g/mol. The van der Waals surface area contributed by atoms with E-state index in [0.717, 1.165) is 35.7 Å². The maximum Gasteiger partial charge on any atom is 0.250 e. The summed E-state index contributed by atoms with van der Waals surface area (Å²) in [5, 5.41) is 0.590. The first-order valence-electron chi connectivity index (χ1n) is 7.19. The van der Waals surface area contributed by atoms with Crippen molar-refractivity contribution in [2.75, 3.05) is 44.8 Å². The summed E-state index contributed by atoms with van der Waals surface area (Å²) in [6, 6.07) is 3.48. The Morgan fingerprint density at radius 1 is 1.32 bits per heavy atom. The summed E-state index contributed by atoms with van der Waals surface area (Å²) < 4.78 is 5.35. The lowest BCUT2D eigenvalue weighted by atomic mass is 10.0. The number of likely N-dealkylation sites (N-methyl/N-ethyl adjacent to an activating group) is 1.